The van der Waals surface area contributed by atoms with E-state index in [0.717, 1.165) is 5.56 Å². The highest BCUT2D eigenvalue weighted by atomic mass is 16.6. The van der Waals surface area contributed by atoms with Gasteiger partial charge in [-0.05, 0) is 5.56 Å². The smallest absolute Gasteiger partial charge is 0.408 e. The number of carbonyl (C=O) groups is 3. The van der Waals surface area contributed by atoms with E-state index in [-0.39, 0.29) is 19.8 Å². The number of amides is 2. The Kier molecular flexibility index (Phi) is 7.70. The van der Waals surface area contributed by atoms with Crippen molar-refractivity contribution in [2.45, 2.75) is 12.6 Å². The topological polar surface area (TPSA) is 114 Å². The fourth-order valence-electron chi connectivity index (χ4n) is 1.48. The number of carboxylic acid groups (broad SMARTS) is 1. The number of hydrogen-bond acceptors (Lipinski definition) is 5. The minimum Gasteiger partial charge on any atom is -0.480 e. The van der Waals surface area contributed by atoms with Crippen LogP contribution in [-0.4, -0.2) is 42.5 Å². The van der Waals surface area contributed by atoms with Crippen LogP contribution in [0.4, 0.5) is 9.59 Å². The van der Waals surface area contributed by atoms with Gasteiger partial charge in [0.2, 0.25) is 0 Å². The van der Waals surface area contributed by atoms with Gasteiger partial charge in [-0.2, -0.15) is 0 Å². The van der Waals surface area contributed by atoms with Crippen LogP contribution in [0.25, 0.3) is 0 Å². The molecule has 8 heteroatoms. The molecule has 0 fully saturated rings. The first-order valence-electron chi connectivity index (χ1n) is 6.74. The molecule has 0 radical (unpaired) electrons. The fourth-order valence-corrected chi connectivity index (χ4v) is 1.48. The Morgan fingerprint density at radius 1 is 1.17 bits per heavy atom. The van der Waals surface area contributed by atoms with E-state index in [1.54, 1.807) is 24.3 Å². The minimum atomic E-state index is -1.34. The van der Waals surface area contributed by atoms with Crippen molar-refractivity contribution >= 4 is 18.2 Å². The second kappa shape index (κ2) is 9.82. The second-order valence-corrected chi connectivity index (χ2v) is 4.36. The molecule has 0 aliphatic heterocycles. The van der Waals surface area contributed by atoms with Gasteiger partial charge in [-0.3, -0.25) is 0 Å². The lowest BCUT2D eigenvalue weighted by atomic mass is 10.2. The summed E-state index contributed by atoms with van der Waals surface area (Å²) in [5, 5.41) is 13.4. The highest BCUT2D eigenvalue weighted by Crippen LogP contribution is 2.00. The van der Waals surface area contributed by atoms with E-state index in [9.17, 15) is 14.4 Å². The van der Waals surface area contributed by atoms with Crippen molar-refractivity contribution in [1.29, 1.82) is 0 Å². The minimum absolute atomic E-state index is 0.00385. The van der Waals surface area contributed by atoms with Crippen molar-refractivity contribution in [1.82, 2.24) is 10.6 Å². The van der Waals surface area contributed by atoms with E-state index in [2.05, 4.69) is 21.9 Å². The molecule has 23 heavy (non-hydrogen) atoms. The van der Waals surface area contributed by atoms with Crippen molar-refractivity contribution in [2.24, 2.45) is 0 Å². The van der Waals surface area contributed by atoms with E-state index in [0.29, 0.717) is 0 Å². The number of ether oxygens (including phenoxy) is 2. The molecule has 1 aromatic rings. The lowest BCUT2D eigenvalue weighted by Gasteiger charge is -2.15. The highest BCUT2D eigenvalue weighted by molar-refractivity contribution is 5.80. The number of rotatable bonds is 8. The Balaban J connectivity index is 2.39. The lowest BCUT2D eigenvalue weighted by Crippen LogP contribution is -2.48. The Morgan fingerprint density at radius 2 is 1.87 bits per heavy atom. The first kappa shape index (κ1) is 18.0. The first-order chi connectivity index (χ1) is 11.0. The molecule has 1 aromatic carbocycles. The summed E-state index contributed by atoms with van der Waals surface area (Å²) in [5.74, 6) is -1.31. The van der Waals surface area contributed by atoms with Crippen LogP contribution in [0.2, 0.25) is 0 Å². The summed E-state index contributed by atoms with van der Waals surface area (Å²) in [7, 11) is 0. The summed E-state index contributed by atoms with van der Waals surface area (Å²) in [6, 6.07) is 7.58. The molecule has 0 heterocycles. The number of nitrogens with one attached hydrogen (secondary N) is 2. The average molecular weight is 322 g/mol. The highest BCUT2D eigenvalue weighted by Gasteiger charge is 2.21. The molecule has 0 saturated carbocycles. The normalized spacial score (nSPS) is 11.0. The van der Waals surface area contributed by atoms with Crippen LogP contribution in [0.15, 0.2) is 43.0 Å². The molecule has 0 bridgehead atoms. The van der Waals surface area contributed by atoms with Gasteiger partial charge < -0.3 is 25.2 Å². The SMILES string of the molecule is C=CCOC(=O)NC[C@H](NC(=O)OCc1ccccc1)C(=O)O. The van der Waals surface area contributed by atoms with Gasteiger partial charge in [0.05, 0.1) is 6.54 Å². The van der Waals surface area contributed by atoms with Crippen molar-refractivity contribution in [3.8, 4) is 0 Å². The van der Waals surface area contributed by atoms with Crippen molar-refractivity contribution in [3.63, 3.8) is 0 Å². The second-order valence-electron chi connectivity index (χ2n) is 4.36. The Bertz CT molecular complexity index is 546. The van der Waals surface area contributed by atoms with Crippen molar-refractivity contribution in [3.05, 3.63) is 48.6 Å². The van der Waals surface area contributed by atoms with Crippen LogP contribution in [0.1, 0.15) is 5.56 Å². The van der Waals surface area contributed by atoms with Crippen molar-refractivity contribution in [2.75, 3.05) is 13.2 Å². The average Bonchev–Trinajstić information content (AvgIpc) is 2.55. The quantitative estimate of drug-likeness (QED) is 0.621. The fraction of sp³-hybridized carbons (Fsp3) is 0.267. The van der Waals surface area contributed by atoms with Gasteiger partial charge in [0.15, 0.2) is 0 Å². The van der Waals surface area contributed by atoms with Crippen LogP contribution in [0, 0.1) is 0 Å². The monoisotopic (exact) mass is 322 g/mol. The van der Waals surface area contributed by atoms with Crippen LogP contribution in [0.5, 0.6) is 0 Å². The van der Waals surface area contributed by atoms with Crippen molar-refractivity contribution < 1.29 is 29.0 Å². The third-order valence-electron chi connectivity index (χ3n) is 2.59. The maximum absolute atomic E-state index is 11.6. The molecule has 3 N–H and O–H groups in total. The van der Waals surface area contributed by atoms with E-state index in [1.165, 1.54) is 6.08 Å². The molecule has 124 valence electrons. The molecule has 0 aromatic heterocycles. The van der Waals surface area contributed by atoms with Crippen LogP contribution < -0.4 is 10.6 Å². The standard InChI is InChI=1S/C15H18N2O6/c1-2-8-22-14(20)16-9-12(13(18)19)17-15(21)23-10-11-6-4-3-5-7-11/h2-7,12H,1,8-10H2,(H,16,20)(H,17,21)(H,18,19)/t12-/m0/s1. The zero-order valence-corrected chi connectivity index (χ0v) is 12.4. The number of aliphatic carboxylic acids is 1. The van der Waals surface area contributed by atoms with E-state index < -0.39 is 24.2 Å². The van der Waals surface area contributed by atoms with E-state index in [4.69, 9.17) is 9.84 Å². The van der Waals surface area contributed by atoms with Gasteiger partial charge in [0, 0.05) is 0 Å². The predicted molar refractivity (Wildman–Crippen MR) is 80.7 cm³/mol. The Hall–Kier alpha value is -3.03. The van der Waals surface area contributed by atoms with Gasteiger partial charge in [0.1, 0.15) is 19.3 Å². The predicted octanol–water partition coefficient (Wildman–Crippen LogP) is 1.28. The number of hydrogen-bond donors (Lipinski definition) is 3. The van der Waals surface area contributed by atoms with E-state index in [1.807, 2.05) is 6.07 Å². The molecule has 0 spiro atoms. The van der Waals surface area contributed by atoms with Gasteiger partial charge in [0.25, 0.3) is 0 Å². The van der Waals surface area contributed by atoms with Gasteiger partial charge >= 0.3 is 18.2 Å². The summed E-state index contributed by atoms with van der Waals surface area (Å²) < 4.78 is 9.54. The Labute approximate surface area is 133 Å². The molecular formula is C15H18N2O6. The third-order valence-corrected chi connectivity index (χ3v) is 2.59. The molecular weight excluding hydrogens is 304 g/mol. The first-order valence-corrected chi connectivity index (χ1v) is 6.74. The number of benzene rings is 1. The third kappa shape index (κ3) is 7.51. The van der Waals surface area contributed by atoms with E-state index >= 15 is 0 Å². The summed E-state index contributed by atoms with van der Waals surface area (Å²) >= 11 is 0. The summed E-state index contributed by atoms with van der Waals surface area (Å²) in [6.07, 6.45) is -0.342. The lowest BCUT2D eigenvalue weighted by molar-refractivity contribution is -0.139. The largest absolute Gasteiger partial charge is 0.480 e. The zero-order chi connectivity index (χ0) is 17.1. The molecule has 0 saturated heterocycles. The van der Waals surface area contributed by atoms with Gasteiger partial charge in [-0.15, -0.1) is 0 Å². The molecule has 0 unspecified atom stereocenters. The molecule has 1 rings (SSSR count). The summed E-state index contributed by atoms with van der Waals surface area (Å²) in [6.45, 7) is 3.03. The zero-order valence-electron chi connectivity index (χ0n) is 12.4. The van der Waals surface area contributed by atoms with Crippen LogP contribution in [-0.2, 0) is 20.9 Å². The molecule has 0 aliphatic rings. The molecule has 1 atom stereocenters. The molecule has 0 aliphatic carbocycles. The van der Waals surface area contributed by atoms with Crippen LogP contribution >= 0.6 is 0 Å². The van der Waals surface area contributed by atoms with Gasteiger partial charge in [-0.25, -0.2) is 14.4 Å². The molecule has 8 nitrogen and oxygen atoms in total. The summed E-state index contributed by atoms with van der Waals surface area (Å²) in [4.78, 5) is 33.9. The number of carboxylic acids is 1. The van der Waals surface area contributed by atoms with Crippen LogP contribution in [0.3, 0.4) is 0 Å². The maximum atomic E-state index is 11.6. The maximum Gasteiger partial charge on any atom is 0.408 e. The van der Waals surface area contributed by atoms with Gasteiger partial charge in [-0.1, -0.05) is 43.0 Å². The molecule has 2 amide bonds. The number of carbonyl (C=O) groups excluding carboxylic acids is 2. The number of alkyl carbamates (subject to hydrolysis) is 2. The summed E-state index contributed by atoms with van der Waals surface area (Å²) in [5.41, 5.74) is 0.764. The Morgan fingerprint density at radius 3 is 2.48 bits per heavy atom.